The van der Waals surface area contributed by atoms with E-state index in [2.05, 4.69) is 4.90 Å². The number of carbonyl (C=O) groups excluding carboxylic acids is 1. The molecule has 0 N–H and O–H groups in total. The van der Waals surface area contributed by atoms with Crippen molar-refractivity contribution in [2.75, 3.05) is 39.0 Å². The van der Waals surface area contributed by atoms with Crippen LogP contribution in [-0.2, 0) is 8.92 Å². The van der Waals surface area contributed by atoms with Crippen molar-refractivity contribution in [1.29, 1.82) is 0 Å². The maximum atomic E-state index is 12.2. The first-order valence-corrected chi connectivity index (χ1v) is 8.40. The SMILES string of the molecule is CSOCCN1CCN(C(=O)OC(C)(C)C)CC12CC2. The molecule has 1 saturated heterocycles. The van der Waals surface area contributed by atoms with Crippen molar-refractivity contribution >= 4 is 18.1 Å². The van der Waals surface area contributed by atoms with Gasteiger partial charge in [-0.25, -0.2) is 4.79 Å². The lowest BCUT2D eigenvalue weighted by Crippen LogP contribution is -2.57. The Balaban J connectivity index is 1.86. The van der Waals surface area contributed by atoms with Gasteiger partial charge in [-0.15, -0.1) is 0 Å². The molecule has 0 atom stereocenters. The molecular weight excluding hydrogens is 276 g/mol. The largest absolute Gasteiger partial charge is 0.444 e. The topological polar surface area (TPSA) is 42.0 Å². The molecule has 6 heteroatoms. The van der Waals surface area contributed by atoms with E-state index >= 15 is 0 Å². The zero-order chi connectivity index (χ0) is 14.8. The number of carbonyl (C=O) groups is 1. The molecule has 1 heterocycles. The third kappa shape index (κ3) is 4.02. The first-order valence-electron chi connectivity index (χ1n) is 7.25. The van der Waals surface area contributed by atoms with E-state index in [0.29, 0.717) is 0 Å². The molecule has 1 aliphatic carbocycles. The van der Waals surface area contributed by atoms with Gasteiger partial charge < -0.3 is 13.8 Å². The third-order valence-electron chi connectivity index (χ3n) is 3.84. The molecule has 2 aliphatic rings. The molecule has 1 aliphatic heterocycles. The van der Waals surface area contributed by atoms with Gasteiger partial charge in [0.05, 0.1) is 6.61 Å². The predicted octanol–water partition coefficient (Wildman–Crippen LogP) is 2.37. The standard InChI is InChI=1S/C14H26N2O3S/c1-13(2,3)19-12(17)15-7-8-16(9-10-18-20-4)14(11-15)5-6-14/h5-11H2,1-4H3. The van der Waals surface area contributed by atoms with Crippen LogP contribution in [0.15, 0.2) is 0 Å². The summed E-state index contributed by atoms with van der Waals surface area (Å²) in [6, 6.07) is 0. The van der Waals surface area contributed by atoms with E-state index in [9.17, 15) is 4.79 Å². The Bertz CT molecular complexity index is 353. The molecule has 1 spiro atoms. The van der Waals surface area contributed by atoms with Crippen molar-refractivity contribution < 1.29 is 13.7 Å². The summed E-state index contributed by atoms with van der Waals surface area (Å²) in [6.07, 6.45) is 4.11. The normalized spacial score (nSPS) is 22.1. The second kappa shape index (κ2) is 6.12. The Morgan fingerprint density at radius 3 is 2.55 bits per heavy atom. The minimum Gasteiger partial charge on any atom is -0.444 e. The highest BCUT2D eigenvalue weighted by molar-refractivity contribution is 7.93. The van der Waals surface area contributed by atoms with Gasteiger partial charge in [0.25, 0.3) is 0 Å². The zero-order valence-electron chi connectivity index (χ0n) is 13.0. The summed E-state index contributed by atoms with van der Waals surface area (Å²) in [4.78, 5) is 16.5. The van der Waals surface area contributed by atoms with Crippen LogP contribution in [0.25, 0.3) is 0 Å². The number of amides is 1. The van der Waals surface area contributed by atoms with Gasteiger partial charge in [0.15, 0.2) is 0 Å². The second-order valence-corrected chi connectivity index (χ2v) is 7.17. The van der Waals surface area contributed by atoms with Crippen LogP contribution in [0.4, 0.5) is 4.79 Å². The van der Waals surface area contributed by atoms with Crippen LogP contribution < -0.4 is 0 Å². The molecule has 5 nitrogen and oxygen atoms in total. The Kier molecular flexibility index (Phi) is 4.87. The van der Waals surface area contributed by atoms with E-state index in [4.69, 9.17) is 8.92 Å². The smallest absolute Gasteiger partial charge is 0.410 e. The van der Waals surface area contributed by atoms with Gasteiger partial charge in [-0.3, -0.25) is 4.90 Å². The summed E-state index contributed by atoms with van der Waals surface area (Å²) in [6.45, 7) is 9.88. The van der Waals surface area contributed by atoms with Crippen LogP contribution >= 0.6 is 12.0 Å². The summed E-state index contributed by atoms with van der Waals surface area (Å²) in [5.74, 6) is 0. The molecule has 0 aromatic rings. The fourth-order valence-electron chi connectivity index (χ4n) is 2.69. The van der Waals surface area contributed by atoms with E-state index in [0.717, 1.165) is 32.8 Å². The molecule has 0 aromatic carbocycles. The minimum atomic E-state index is -0.420. The van der Waals surface area contributed by atoms with Crippen LogP contribution in [0.2, 0.25) is 0 Å². The molecule has 2 rings (SSSR count). The van der Waals surface area contributed by atoms with Gasteiger partial charge in [-0.1, -0.05) is 0 Å². The lowest BCUT2D eigenvalue weighted by atomic mass is 10.1. The van der Waals surface area contributed by atoms with E-state index in [-0.39, 0.29) is 11.6 Å². The molecule has 2 fully saturated rings. The van der Waals surface area contributed by atoms with Crippen LogP contribution in [0, 0.1) is 0 Å². The third-order valence-corrected chi connectivity index (χ3v) is 4.24. The molecule has 0 bridgehead atoms. The lowest BCUT2D eigenvalue weighted by Gasteiger charge is -2.42. The highest BCUT2D eigenvalue weighted by Crippen LogP contribution is 2.44. The van der Waals surface area contributed by atoms with E-state index in [1.807, 2.05) is 31.9 Å². The van der Waals surface area contributed by atoms with Gasteiger partial charge in [0.1, 0.15) is 5.60 Å². The van der Waals surface area contributed by atoms with Crippen molar-refractivity contribution in [2.45, 2.75) is 44.8 Å². The maximum absolute atomic E-state index is 12.2. The van der Waals surface area contributed by atoms with Crippen LogP contribution in [0.5, 0.6) is 0 Å². The van der Waals surface area contributed by atoms with Crippen LogP contribution in [0.1, 0.15) is 33.6 Å². The zero-order valence-corrected chi connectivity index (χ0v) is 13.8. The lowest BCUT2D eigenvalue weighted by molar-refractivity contribution is -0.00231. The molecule has 1 saturated carbocycles. The van der Waals surface area contributed by atoms with E-state index in [1.165, 1.54) is 24.9 Å². The number of hydrogen-bond acceptors (Lipinski definition) is 5. The molecule has 0 unspecified atom stereocenters. The number of ether oxygens (including phenoxy) is 1. The number of hydrogen-bond donors (Lipinski definition) is 0. The Morgan fingerprint density at radius 1 is 1.30 bits per heavy atom. The Labute approximate surface area is 126 Å². The Hall–Kier alpha value is -0.460. The van der Waals surface area contributed by atoms with Crippen LogP contribution in [0.3, 0.4) is 0 Å². The predicted molar refractivity (Wildman–Crippen MR) is 80.8 cm³/mol. The van der Waals surface area contributed by atoms with Gasteiger partial charge >= 0.3 is 6.09 Å². The molecule has 20 heavy (non-hydrogen) atoms. The van der Waals surface area contributed by atoms with Crippen molar-refractivity contribution in [3.05, 3.63) is 0 Å². The molecule has 116 valence electrons. The summed E-state index contributed by atoms with van der Waals surface area (Å²) < 4.78 is 10.8. The van der Waals surface area contributed by atoms with Gasteiger partial charge in [0.2, 0.25) is 0 Å². The van der Waals surface area contributed by atoms with Gasteiger partial charge in [-0.05, 0) is 45.7 Å². The number of nitrogens with zero attached hydrogens (tertiary/aromatic N) is 2. The average Bonchev–Trinajstić information content (AvgIpc) is 3.10. The molecule has 0 aromatic heterocycles. The number of rotatable bonds is 4. The van der Waals surface area contributed by atoms with Gasteiger partial charge in [0, 0.05) is 38.0 Å². The summed E-state index contributed by atoms with van der Waals surface area (Å²) >= 11 is 1.41. The van der Waals surface area contributed by atoms with Crippen molar-refractivity contribution in [3.8, 4) is 0 Å². The van der Waals surface area contributed by atoms with E-state index in [1.54, 1.807) is 0 Å². The highest BCUT2D eigenvalue weighted by atomic mass is 32.2. The van der Waals surface area contributed by atoms with Crippen LogP contribution in [-0.4, -0.2) is 66.1 Å². The first kappa shape index (κ1) is 15.9. The highest BCUT2D eigenvalue weighted by Gasteiger charge is 2.52. The number of piperazine rings is 1. The molecule has 1 amide bonds. The van der Waals surface area contributed by atoms with E-state index < -0.39 is 5.60 Å². The molecule has 0 radical (unpaired) electrons. The maximum Gasteiger partial charge on any atom is 0.410 e. The average molecular weight is 302 g/mol. The second-order valence-electron chi connectivity index (χ2n) is 6.60. The van der Waals surface area contributed by atoms with Crippen molar-refractivity contribution in [3.63, 3.8) is 0 Å². The van der Waals surface area contributed by atoms with Crippen molar-refractivity contribution in [1.82, 2.24) is 9.80 Å². The summed E-state index contributed by atoms with van der Waals surface area (Å²) in [5.41, 5.74) is -0.228. The Morgan fingerprint density at radius 2 is 2.00 bits per heavy atom. The fourth-order valence-corrected chi connectivity index (χ4v) is 2.93. The van der Waals surface area contributed by atoms with Gasteiger partial charge in [-0.2, -0.15) is 0 Å². The first-order chi connectivity index (χ1) is 9.36. The summed E-state index contributed by atoms with van der Waals surface area (Å²) in [7, 11) is 0. The quantitative estimate of drug-likeness (QED) is 0.589. The van der Waals surface area contributed by atoms with Crippen molar-refractivity contribution in [2.24, 2.45) is 0 Å². The molecular formula is C14H26N2O3S. The fraction of sp³-hybridized carbons (Fsp3) is 0.929. The monoisotopic (exact) mass is 302 g/mol. The summed E-state index contributed by atoms with van der Waals surface area (Å²) in [5, 5.41) is 0. The minimum absolute atomic E-state index is 0.177.